The molecule has 2 N–H and O–H groups in total. The van der Waals surface area contributed by atoms with Gasteiger partial charge >= 0.3 is 0 Å². The second-order valence-electron chi connectivity index (χ2n) is 5.77. The molecule has 98 valence electrons. The Morgan fingerprint density at radius 1 is 1.11 bits per heavy atom. The third-order valence-corrected chi connectivity index (χ3v) is 4.71. The number of rotatable bonds is 6. The van der Waals surface area contributed by atoms with Crippen LogP contribution in [-0.4, -0.2) is 13.1 Å². The van der Waals surface area contributed by atoms with Crippen LogP contribution in [0.15, 0.2) is 22.7 Å². The predicted octanol–water partition coefficient (Wildman–Crippen LogP) is 3.53. The van der Waals surface area contributed by atoms with E-state index in [1.165, 1.54) is 50.0 Å². The standard InChI is InChI=1S/C15H21BrN2/c16-15-7-14(6-5-13(15)8-17)18(9-11-1-2-11)10-12-3-4-12/h5-7,11-12H,1-4,8-10,17H2. The van der Waals surface area contributed by atoms with Crippen LogP contribution in [0.2, 0.25) is 0 Å². The van der Waals surface area contributed by atoms with E-state index in [1.807, 2.05) is 0 Å². The molecule has 0 atom stereocenters. The summed E-state index contributed by atoms with van der Waals surface area (Å²) in [5.41, 5.74) is 8.27. The second kappa shape index (κ2) is 5.22. The predicted molar refractivity (Wildman–Crippen MR) is 79.7 cm³/mol. The van der Waals surface area contributed by atoms with Gasteiger partial charge in [-0.15, -0.1) is 0 Å². The fourth-order valence-electron chi connectivity index (χ4n) is 2.41. The third-order valence-electron chi connectivity index (χ3n) is 3.97. The van der Waals surface area contributed by atoms with Gasteiger partial charge in [-0.1, -0.05) is 22.0 Å². The van der Waals surface area contributed by atoms with Crippen molar-refractivity contribution in [2.75, 3.05) is 18.0 Å². The van der Waals surface area contributed by atoms with Crippen molar-refractivity contribution in [2.24, 2.45) is 17.6 Å². The van der Waals surface area contributed by atoms with Crippen molar-refractivity contribution < 1.29 is 0 Å². The Balaban J connectivity index is 1.76. The van der Waals surface area contributed by atoms with Gasteiger partial charge in [0.25, 0.3) is 0 Å². The zero-order valence-electron chi connectivity index (χ0n) is 10.7. The summed E-state index contributed by atoms with van der Waals surface area (Å²) in [6, 6.07) is 6.64. The minimum Gasteiger partial charge on any atom is -0.371 e. The SMILES string of the molecule is NCc1ccc(N(CC2CC2)CC2CC2)cc1Br. The first-order chi connectivity index (χ1) is 8.76. The summed E-state index contributed by atoms with van der Waals surface area (Å²) in [5, 5.41) is 0. The fourth-order valence-corrected chi connectivity index (χ4v) is 2.94. The van der Waals surface area contributed by atoms with Gasteiger partial charge in [-0.2, -0.15) is 0 Å². The number of nitrogens with two attached hydrogens (primary N) is 1. The highest BCUT2D eigenvalue weighted by Crippen LogP contribution is 2.36. The largest absolute Gasteiger partial charge is 0.371 e. The summed E-state index contributed by atoms with van der Waals surface area (Å²) >= 11 is 3.63. The Kier molecular flexibility index (Phi) is 3.62. The summed E-state index contributed by atoms with van der Waals surface area (Å²) in [6.07, 6.45) is 5.68. The number of hydrogen-bond donors (Lipinski definition) is 1. The Morgan fingerprint density at radius 2 is 1.72 bits per heavy atom. The highest BCUT2D eigenvalue weighted by molar-refractivity contribution is 9.10. The lowest BCUT2D eigenvalue weighted by molar-refractivity contribution is 0.679. The van der Waals surface area contributed by atoms with Crippen LogP contribution in [0.1, 0.15) is 31.2 Å². The fraction of sp³-hybridized carbons (Fsp3) is 0.600. The molecule has 0 spiro atoms. The van der Waals surface area contributed by atoms with Crippen LogP contribution in [0.5, 0.6) is 0 Å². The molecular weight excluding hydrogens is 288 g/mol. The molecule has 2 aliphatic rings. The molecule has 0 unspecified atom stereocenters. The number of nitrogens with zero attached hydrogens (tertiary/aromatic N) is 1. The maximum Gasteiger partial charge on any atom is 0.0377 e. The molecule has 3 heteroatoms. The second-order valence-corrected chi connectivity index (χ2v) is 6.63. The summed E-state index contributed by atoms with van der Waals surface area (Å²) in [5.74, 6) is 1.88. The third kappa shape index (κ3) is 3.07. The Morgan fingerprint density at radius 3 is 2.17 bits per heavy atom. The number of anilines is 1. The van der Waals surface area contributed by atoms with Gasteiger partial charge in [0.15, 0.2) is 0 Å². The smallest absolute Gasteiger partial charge is 0.0377 e. The van der Waals surface area contributed by atoms with Crippen molar-refractivity contribution in [2.45, 2.75) is 32.2 Å². The molecule has 0 radical (unpaired) electrons. The van der Waals surface area contributed by atoms with E-state index in [-0.39, 0.29) is 0 Å². The Labute approximate surface area is 118 Å². The van der Waals surface area contributed by atoms with Gasteiger partial charge < -0.3 is 10.6 Å². The highest BCUT2D eigenvalue weighted by Gasteiger charge is 2.29. The van der Waals surface area contributed by atoms with Crippen LogP contribution >= 0.6 is 15.9 Å². The molecule has 0 aromatic heterocycles. The monoisotopic (exact) mass is 308 g/mol. The molecule has 0 bridgehead atoms. The number of hydrogen-bond acceptors (Lipinski definition) is 2. The van der Waals surface area contributed by atoms with Gasteiger partial charge in [0.05, 0.1) is 0 Å². The molecule has 0 heterocycles. The lowest BCUT2D eigenvalue weighted by Crippen LogP contribution is -2.28. The first-order valence-electron chi connectivity index (χ1n) is 6.99. The minimum absolute atomic E-state index is 0.603. The van der Waals surface area contributed by atoms with Crippen molar-refractivity contribution in [1.29, 1.82) is 0 Å². The van der Waals surface area contributed by atoms with Gasteiger partial charge in [0, 0.05) is 29.8 Å². The maximum atomic E-state index is 5.71. The van der Waals surface area contributed by atoms with Crippen LogP contribution < -0.4 is 10.6 Å². The molecule has 2 nitrogen and oxygen atoms in total. The van der Waals surface area contributed by atoms with Crippen LogP contribution in [0.3, 0.4) is 0 Å². The molecule has 18 heavy (non-hydrogen) atoms. The van der Waals surface area contributed by atoms with E-state index in [0.29, 0.717) is 6.54 Å². The molecule has 0 aliphatic heterocycles. The van der Waals surface area contributed by atoms with E-state index < -0.39 is 0 Å². The lowest BCUT2D eigenvalue weighted by Gasteiger charge is -2.25. The normalized spacial score (nSPS) is 19.0. The molecule has 0 amide bonds. The first kappa shape index (κ1) is 12.5. The van der Waals surface area contributed by atoms with E-state index in [0.717, 1.165) is 16.3 Å². The Bertz CT molecular complexity index is 411. The summed E-state index contributed by atoms with van der Waals surface area (Å²) < 4.78 is 1.15. The van der Waals surface area contributed by atoms with Crippen LogP contribution in [0.4, 0.5) is 5.69 Å². The molecule has 2 saturated carbocycles. The van der Waals surface area contributed by atoms with E-state index >= 15 is 0 Å². The summed E-state index contributed by atoms with van der Waals surface area (Å²) in [6.45, 7) is 3.09. The number of benzene rings is 1. The quantitative estimate of drug-likeness (QED) is 0.871. The molecule has 2 aliphatic carbocycles. The average Bonchev–Trinajstić information content (AvgIpc) is 3.23. The van der Waals surface area contributed by atoms with Crippen LogP contribution in [0.25, 0.3) is 0 Å². The highest BCUT2D eigenvalue weighted by atomic mass is 79.9. The van der Waals surface area contributed by atoms with Crippen LogP contribution in [0, 0.1) is 11.8 Å². The Hall–Kier alpha value is -0.540. The lowest BCUT2D eigenvalue weighted by atomic mass is 10.2. The molecule has 2 fully saturated rings. The van der Waals surface area contributed by atoms with Crippen molar-refractivity contribution >= 4 is 21.6 Å². The summed E-state index contributed by atoms with van der Waals surface area (Å²) in [4.78, 5) is 2.58. The van der Waals surface area contributed by atoms with Crippen molar-refractivity contribution in [3.8, 4) is 0 Å². The van der Waals surface area contributed by atoms with Crippen LogP contribution in [-0.2, 0) is 6.54 Å². The van der Waals surface area contributed by atoms with Crippen molar-refractivity contribution in [1.82, 2.24) is 0 Å². The van der Waals surface area contributed by atoms with E-state index in [2.05, 4.69) is 39.0 Å². The summed E-state index contributed by atoms with van der Waals surface area (Å²) in [7, 11) is 0. The zero-order chi connectivity index (χ0) is 12.5. The first-order valence-corrected chi connectivity index (χ1v) is 7.79. The topological polar surface area (TPSA) is 29.3 Å². The van der Waals surface area contributed by atoms with E-state index in [4.69, 9.17) is 5.73 Å². The van der Waals surface area contributed by atoms with Gasteiger partial charge in [0.2, 0.25) is 0 Å². The van der Waals surface area contributed by atoms with E-state index in [1.54, 1.807) is 0 Å². The molecule has 3 rings (SSSR count). The van der Waals surface area contributed by atoms with Gasteiger partial charge in [-0.3, -0.25) is 0 Å². The molecule has 1 aromatic rings. The van der Waals surface area contributed by atoms with Gasteiger partial charge in [-0.05, 0) is 55.2 Å². The minimum atomic E-state index is 0.603. The van der Waals surface area contributed by atoms with Gasteiger partial charge in [-0.25, -0.2) is 0 Å². The van der Waals surface area contributed by atoms with Crippen molar-refractivity contribution in [3.05, 3.63) is 28.2 Å². The molecular formula is C15H21BrN2. The maximum absolute atomic E-state index is 5.71. The van der Waals surface area contributed by atoms with Gasteiger partial charge in [0.1, 0.15) is 0 Å². The van der Waals surface area contributed by atoms with E-state index in [9.17, 15) is 0 Å². The molecule has 1 aromatic carbocycles. The number of halogens is 1. The average molecular weight is 309 g/mol. The van der Waals surface area contributed by atoms with Crippen molar-refractivity contribution in [3.63, 3.8) is 0 Å². The zero-order valence-corrected chi connectivity index (χ0v) is 12.3. The molecule has 0 saturated heterocycles.